The molecular weight excluding hydrogens is 310 g/mol. The Kier molecular flexibility index (Phi) is 5.63. The highest BCUT2D eigenvalue weighted by atomic mass is 32.1. The van der Waals surface area contributed by atoms with Crippen LogP contribution in [0.2, 0.25) is 0 Å². The summed E-state index contributed by atoms with van der Waals surface area (Å²) < 4.78 is 5.01. The molecule has 0 spiro atoms. The minimum Gasteiger partial charge on any atom is -0.449 e. The van der Waals surface area contributed by atoms with Gasteiger partial charge in [0, 0.05) is 11.8 Å². The second-order valence-corrected chi connectivity index (χ2v) is 5.79. The van der Waals surface area contributed by atoms with Gasteiger partial charge >= 0.3 is 12.0 Å². The molecule has 4 N–H and O–H groups in total. The summed E-state index contributed by atoms with van der Waals surface area (Å²) in [6, 6.07) is -1.03. The zero-order valence-corrected chi connectivity index (χ0v) is 13.4. The number of ether oxygens (including phenoxy) is 1. The van der Waals surface area contributed by atoms with Crippen LogP contribution in [0, 0.1) is 13.8 Å². The lowest BCUT2D eigenvalue weighted by molar-refractivity contribution is -0.127. The summed E-state index contributed by atoms with van der Waals surface area (Å²) >= 11 is 1.24. The van der Waals surface area contributed by atoms with E-state index in [1.807, 2.05) is 5.32 Å². The Morgan fingerprint density at radius 3 is 2.32 bits per heavy atom. The number of urea groups is 1. The van der Waals surface area contributed by atoms with Gasteiger partial charge in [-0.2, -0.15) is 0 Å². The van der Waals surface area contributed by atoms with E-state index < -0.39 is 24.0 Å². The number of rotatable bonds is 4. The van der Waals surface area contributed by atoms with Crippen LogP contribution in [0.25, 0.3) is 0 Å². The molecule has 8 nitrogen and oxygen atoms in total. The van der Waals surface area contributed by atoms with Gasteiger partial charge in [0.1, 0.15) is 5.00 Å². The maximum absolute atomic E-state index is 12.2. The van der Waals surface area contributed by atoms with Gasteiger partial charge < -0.3 is 15.8 Å². The minimum atomic E-state index is -1.20. The number of hydrogen-bond acceptors (Lipinski definition) is 6. The number of primary amides is 1. The molecule has 22 heavy (non-hydrogen) atoms. The second-order valence-electron chi connectivity index (χ2n) is 4.57. The summed E-state index contributed by atoms with van der Waals surface area (Å²) in [5.74, 6) is -1.92. The fraction of sp³-hybridized carbons (Fsp3) is 0.385. The van der Waals surface area contributed by atoms with E-state index in [9.17, 15) is 19.2 Å². The van der Waals surface area contributed by atoms with Crippen molar-refractivity contribution in [3.05, 3.63) is 16.0 Å². The first kappa shape index (κ1) is 17.6. The first-order chi connectivity index (χ1) is 10.1. The van der Waals surface area contributed by atoms with E-state index in [-0.39, 0.29) is 11.5 Å². The largest absolute Gasteiger partial charge is 0.449 e. The Morgan fingerprint density at radius 2 is 1.82 bits per heavy atom. The topological polar surface area (TPSA) is 128 Å². The number of thiophene rings is 1. The van der Waals surface area contributed by atoms with Crippen LogP contribution in [0.5, 0.6) is 0 Å². The molecule has 0 saturated carbocycles. The molecule has 0 aliphatic heterocycles. The van der Waals surface area contributed by atoms with Gasteiger partial charge in [-0.15, -0.1) is 11.3 Å². The van der Waals surface area contributed by atoms with Crippen molar-refractivity contribution >= 4 is 40.2 Å². The molecular formula is C13H17N3O5S. The standard InChI is InChI=1S/C13H17N3O5S/c1-5-7(3)22-11(15-8(4)17)9(5)12(19)21-6(2)10(18)16-13(14)20/h6H,1-4H3,(H,15,17)(H3,14,16,18,20)/t6-/m0/s1. The Labute approximate surface area is 131 Å². The number of nitrogens with two attached hydrogens (primary N) is 1. The van der Waals surface area contributed by atoms with E-state index >= 15 is 0 Å². The third-order valence-corrected chi connectivity index (χ3v) is 3.90. The van der Waals surface area contributed by atoms with Crippen molar-refractivity contribution in [3.8, 4) is 0 Å². The molecule has 0 aromatic carbocycles. The highest BCUT2D eigenvalue weighted by Gasteiger charge is 2.25. The number of amides is 4. The predicted octanol–water partition coefficient (Wildman–Crippen LogP) is 1.06. The van der Waals surface area contributed by atoms with Crippen LogP contribution >= 0.6 is 11.3 Å². The molecule has 0 unspecified atom stereocenters. The Balaban J connectivity index is 2.96. The van der Waals surface area contributed by atoms with Crippen LogP contribution in [-0.2, 0) is 14.3 Å². The van der Waals surface area contributed by atoms with Gasteiger partial charge in [-0.25, -0.2) is 9.59 Å². The average molecular weight is 327 g/mol. The van der Waals surface area contributed by atoms with Crippen LogP contribution in [-0.4, -0.2) is 29.9 Å². The van der Waals surface area contributed by atoms with E-state index in [1.54, 1.807) is 13.8 Å². The normalized spacial score (nSPS) is 11.5. The van der Waals surface area contributed by atoms with Crippen molar-refractivity contribution in [3.63, 3.8) is 0 Å². The third kappa shape index (κ3) is 4.29. The molecule has 0 bridgehead atoms. The molecule has 0 aliphatic rings. The summed E-state index contributed by atoms with van der Waals surface area (Å²) in [5.41, 5.74) is 5.67. The number of carbonyl (C=O) groups excluding carboxylic acids is 4. The van der Waals surface area contributed by atoms with Gasteiger partial charge in [-0.05, 0) is 26.3 Å². The quantitative estimate of drug-likeness (QED) is 0.713. The first-order valence-corrected chi connectivity index (χ1v) is 7.14. The summed E-state index contributed by atoms with van der Waals surface area (Å²) in [6.45, 7) is 6.14. The smallest absolute Gasteiger partial charge is 0.342 e. The lowest BCUT2D eigenvalue weighted by Gasteiger charge is -2.13. The maximum Gasteiger partial charge on any atom is 0.342 e. The number of hydrogen-bond donors (Lipinski definition) is 3. The molecule has 1 aromatic rings. The average Bonchev–Trinajstić information content (AvgIpc) is 2.62. The van der Waals surface area contributed by atoms with Crippen molar-refractivity contribution < 1.29 is 23.9 Å². The molecule has 0 radical (unpaired) electrons. The number of aryl methyl sites for hydroxylation is 1. The van der Waals surface area contributed by atoms with Gasteiger partial charge in [0.2, 0.25) is 5.91 Å². The zero-order valence-electron chi connectivity index (χ0n) is 12.6. The number of imide groups is 1. The number of esters is 1. The number of anilines is 1. The minimum absolute atomic E-state index is 0.191. The molecule has 9 heteroatoms. The molecule has 1 aromatic heterocycles. The fourth-order valence-electron chi connectivity index (χ4n) is 1.62. The number of carbonyl (C=O) groups is 4. The molecule has 4 amide bonds. The van der Waals surface area contributed by atoms with Gasteiger partial charge in [-0.1, -0.05) is 0 Å². The van der Waals surface area contributed by atoms with Gasteiger partial charge in [0.25, 0.3) is 5.91 Å². The molecule has 1 heterocycles. The van der Waals surface area contributed by atoms with Crippen molar-refractivity contribution in [2.24, 2.45) is 5.73 Å². The maximum atomic E-state index is 12.2. The summed E-state index contributed by atoms with van der Waals surface area (Å²) in [5, 5.41) is 4.73. The number of nitrogens with one attached hydrogen (secondary N) is 2. The molecule has 1 rings (SSSR count). The van der Waals surface area contributed by atoms with E-state index in [4.69, 9.17) is 10.5 Å². The Hall–Kier alpha value is -2.42. The summed E-state index contributed by atoms with van der Waals surface area (Å²) in [4.78, 5) is 46.4. The molecule has 0 fully saturated rings. The van der Waals surface area contributed by atoms with Gasteiger partial charge in [0.15, 0.2) is 6.10 Å². The van der Waals surface area contributed by atoms with Gasteiger partial charge in [0.05, 0.1) is 5.56 Å². The van der Waals surface area contributed by atoms with Crippen molar-refractivity contribution in [2.45, 2.75) is 33.8 Å². The van der Waals surface area contributed by atoms with Crippen molar-refractivity contribution in [2.75, 3.05) is 5.32 Å². The fourth-order valence-corrected chi connectivity index (χ4v) is 2.71. The van der Waals surface area contributed by atoms with Crippen molar-refractivity contribution in [1.82, 2.24) is 5.32 Å². The van der Waals surface area contributed by atoms with Crippen LogP contribution in [0.3, 0.4) is 0 Å². The zero-order chi connectivity index (χ0) is 17.0. The van der Waals surface area contributed by atoms with E-state index in [1.165, 1.54) is 25.2 Å². The van der Waals surface area contributed by atoms with Crippen LogP contribution in [0.4, 0.5) is 9.80 Å². The SMILES string of the molecule is CC(=O)Nc1sc(C)c(C)c1C(=O)O[C@@H](C)C(=O)NC(N)=O. The van der Waals surface area contributed by atoms with E-state index in [0.29, 0.717) is 10.6 Å². The molecule has 120 valence electrons. The monoisotopic (exact) mass is 327 g/mol. The van der Waals surface area contributed by atoms with E-state index in [0.717, 1.165) is 4.88 Å². The lowest BCUT2D eigenvalue weighted by atomic mass is 10.1. The molecule has 1 atom stereocenters. The Bertz CT molecular complexity index is 638. The highest BCUT2D eigenvalue weighted by molar-refractivity contribution is 7.16. The lowest BCUT2D eigenvalue weighted by Crippen LogP contribution is -2.42. The molecule has 0 saturated heterocycles. The highest BCUT2D eigenvalue weighted by Crippen LogP contribution is 2.33. The Morgan fingerprint density at radius 1 is 1.23 bits per heavy atom. The third-order valence-electron chi connectivity index (χ3n) is 2.78. The van der Waals surface area contributed by atoms with Crippen LogP contribution in [0.1, 0.15) is 34.6 Å². The molecule has 0 aliphatic carbocycles. The summed E-state index contributed by atoms with van der Waals surface area (Å²) in [6.07, 6.45) is -1.20. The first-order valence-electron chi connectivity index (χ1n) is 6.32. The van der Waals surface area contributed by atoms with E-state index in [2.05, 4.69) is 5.32 Å². The predicted molar refractivity (Wildman–Crippen MR) is 80.7 cm³/mol. The van der Waals surface area contributed by atoms with Crippen LogP contribution in [0.15, 0.2) is 0 Å². The summed E-state index contributed by atoms with van der Waals surface area (Å²) in [7, 11) is 0. The second kappa shape index (κ2) is 7.03. The van der Waals surface area contributed by atoms with Crippen LogP contribution < -0.4 is 16.4 Å². The van der Waals surface area contributed by atoms with Crippen molar-refractivity contribution in [1.29, 1.82) is 0 Å². The van der Waals surface area contributed by atoms with Gasteiger partial charge in [-0.3, -0.25) is 14.9 Å².